The number of thioether (sulfide) groups is 1. The van der Waals surface area contributed by atoms with Crippen LogP contribution in [0.5, 0.6) is 5.75 Å². The van der Waals surface area contributed by atoms with Crippen LogP contribution in [0.25, 0.3) is 6.08 Å². The van der Waals surface area contributed by atoms with E-state index in [-0.39, 0.29) is 5.91 Å². The van der Waals surface area contributed by atoms with Crippen molar-refractivity contribution in [3.63, 3.8) is 0 Å². The molecule has 0 bridgehead atoms. The molecule has 0 spiro atoms. The van der Waals surface area contributed by atoms with Gasteiger partial charge >= 0.3 is 5.97 Å². The van der Waals surface area contributed by atoms with E-state index in [0.717, 1.165) is 11.3 Å². The molecule has 7 heteroatoms. The van der Waals surface area contributed by atoms with Gasteiger partial charge in [-0.2, -0.15) is 0 Å². The van der Waals surface area contributed by atoms with Gasteiger partial charge in [-0.15, -0.1) is 0 Å². The van der Waals surface area contributed by atoms with Gasteiger partial charge in [0.15, 0.2) is 5.17 Å². The van der Waals surface area contributed by atoms with Crippen LogP contribution in [-0.4, -0.2) is 42.7 Å². The molecule has 0 radical (unpaired) electrons. The summed E-state index contributed by atoms with van der Waals surface area (Å²) >= 11 is 1.33. The quantitative estimate of drug-likeness (QED) is 0.562. The molecule has 6 nitrogen and oxygen atoms in total. The van der Waals surface area contributed by atoms with Crippen LogP contribution in [0.4, 0.5) is 5.69 Å². The van der Waals surface area contributed by atoms with Crippen molar-refractivity contribution < 1.29 is 19.1 Å². The maximum Gasteiger partial charge on any atom is 0.337 e. The van der Waals surface area contributed by atoms with Crippen molar-refractivity contribution in [1.82, 2.24) is 4.90 Å². The van der Waals surface area contributed by atoms with E-state index in [1.165, 1.54) is 18.9 Å². The van der Waals surface area contributed by atoms with Crippen molar-refractivity contribution in [2.45, 2.75) is 6.92 Å². The Morgan fingerprint density at radius 3 is 2.36 bits per heavy atom. The second-order valence-corrected chi connectivity index (χ2v) is 6.88. The summed E-state index contributed by atoms with van der Waals surface area (Å²) in [5, 5.41) is 0.609. The number of amides is 1. The van der Waals surface area contributed by atoms with Crippen LogP contribution in [0.2, 0.25) is 0 Å². The zero-order valence-corrected chi connectivity index (χ0v) is 16.7. The third kappa shape index (κ3) is 4.26. The number of likely N-dealkylation sites (N-methyl/N-ethyl adjacent to an activating group) is 1. The topological polar surface area (TPSA) is 68.2 Å². The first-order chi connectivity index (χ1) is 13.5. The van der Waals surface area contributed by atoms with Gasteiger partial charge < -0.3 is 9.47 Å². The summed E-state index contributed by atoms with van der Waals surface area (Å²) in [5.74, 6) is 0.290. The minimum Gasteiger partial charge on any atom is -0.497 e. The summed E-state index contributed by atoms with van der Waals surface area (Å²) in [6.07, 6.45) is 1.85. The maximum atomic E-state index is 12.7. The van der Waals surface area contributed by atoms with Gasteiger partial charge in [-0.05, 0) is 66.7 Å². The van der Waals surface area contributed by atoms with Crippen LogP contribution in [0, 0.1) is 0 Å². The number of benzene rings is 2. The second-order valence-electron chi connectivity index (χ2n) is 5.87. The molecule has 0 aromatic heterocycles. The molecular weight excluding hydrogens is 376 g/mol. The average Bonchev–Trinajstić information content (AvgIpc) is 3.02. The molecule has 1 fully saturated rings. The minimum absolute atomic E-state index is 0.0757. The van der Waals surface area contributed by atoms with Crippen molar-refractivity contribution >= 4 is 40.6 Å². The van der Waals surface area contributed by atoms with Gasteiger partial charge in [-0.1, -0.05) is 12.1 Å². The van der Waals surface area contributed by atoms with Crippen LogP contribution in [0.3, 0.4) is 0 Å². The highest BCUT2D eigenvalue weighted by molar-refractivity contribution is 8.18. The molecule has 0 N–H and O–H groups in total. The van der Waals surface area contributed by atoms with E-state index in [9.17, 15) is 9.59 Å². The molecule has 2 aromatic rings. The van der Waals surface area contributed by atoms with Gasteiger partial charge in [0.05, 0.1) is 30.4 Å². The summed E-state index contributed by atoms with van der Waals surface area (Å²) in [7, 11) is 2.95. The Morgan fingerprint density at radius 1 is 1.11 bits per heavy atom. The molecular formula is C21H20N2O4S. The van der Waals surface area contributed by atoms with Gasteiger partial charge in [0, 0.05) is 6.54 Å². The van der Waals surface area contributed by atoms with Gasteiger partial charge in [0.1, 0.15) is 5.75 Å². The number of amidine groups is 1. The Hall–Kier alpha value is -3.06. The number of rotatable bonds is 5. The van der Waals surface area contributed by atoms with Gasteiger partial charge in [-0.3, -0.25) is 9.69 Å². The molecule has 0 aliphatic carbocycles. The lowest BCUT2D eigenvalue weighted by Crippen LogP contribution is -2.28. The molecule has 144 valence electrons. The van der Waals surface area contributed by atoms with E-state index in [2.05, 4.69) is 4.99 Å². The lowest BCUT2D eigenvalue weighted by atomic mass is 10.2. The SMILES string of the molecule is CCN1C(=O)/C(=C/c2ccc(OC)cc2)SC1=Nc1ccc(C(=O)OC)cc1. The fourth-order valence-electron chi connectivity index (χ4n) is 2.62. The van der Waals surface area contributed by atoms with E-state index in [1.54, 1.807) is 36.3 Å². The molecule has 1 saturated heterocycles. The zero-order chi connectivity index (χ0) is 20.1. The normalized spacial score (nSPS) is 16.7. The number of hydrogen-bond donors (Lipinski definition) is 0. The molecule has 2 aromatic carbocycles. The first-order valence-corrected chi connectivity index (χ1v) is 9.50. The van der Waals surface area contributed by atoms with Crippen LogP contribution >= 0.6 is 11.8 Å². The Kier molecular flexibility index (Phi) is 6.16. The van der Waals surface area contributed by atoms with E-state index in [0.29, 0.717) is 27.9 Å². The lowest BCUT2D eigenvalue weighted by Gasteiger charge is -2.12. The third-order valence-corrected chi connectivity index (χ3v) is 5.14. The zero-order valence-electron chi connectivity index (χ0n) is 15.8. The number of carbonyl (C=O) groups is 2. The summed E-state index contributed by atoms with van der Waals surface area (Å²) in [4.78, 5) is 31.1. The average molecular weight is 396 g/mol. The van der Waals surface area contributed by atoms with Gasteiger partial charge in [0.2, 0.25) is 0 Å². The minimum atomic E-state index is -0.399. The van der Waals surface area contributed by atoms with Crippen LogP contribution < -0.4 is 4.74 Å². The smallest absolute Gasteiger partial charge is 0.337 e. The molecule has 28 heavy (non-hydrogen) atoms. The number of hydrogen-bond acceptors (Lipinski definition) is 6. The molecule has 0 atom stereocenters. The van der Waals surface area contributed by atoms with Gasteiger partial charge in [-0.25, -0.2) is 9.79 Å². The van der Waals surface area contributed by atoms with E-state index in [4.69, 9.17) is 9.47 Å². The van der Waals surface area contributed by atoms with Crippen molar-refractivity contribution in [1.29, 1.82) is 0 Å². The van der Waals surface area contributed by atoms with Crippen molar-refractivity contribution in [2.75, 3.05) is 20.8 Å². The molecule has 1 heterocycles. The number of nitrogens with zero attached hydrogens (tertiary/aromatic N) is 2. The van der Waals surface area contributed by atoms with Crippen molar-refractivity contribution in [3.05, 3.63) is 64.6 Å². The Balaban J connectivity index is 1.85. The maximum absolute atomic E-state index is 12.7. The standard InChI is InChI=1S/C21H20N2O4S/c1-4-23-19(24)18(13-14-5-11-17(26-2)12-6-14)28-21(23)22-16-9-7-15(8-10-16)20(25)27-3/h5-13H,4H2,1-3H3/b18-13-,22-21?. The van der Waals surface area contributed by atoms with Crippen LogP contribution in [0.1, 0.15) is 22.8 Å². The lowest BCUT2D eigenvalue weighted by molar-refractivity contribution is -0.122. The first-order valence-electron chi connectivity index (χ1n) is 8.68. The van der Waals surface area contributed by atoms with E-state index >= 15 is 0 Å². The number of aliphatic imine (C=N–C) groups is 1. The van der Waals surface area contributed by atoms with Crippen LogP contribution in [0.15, 0.2) is 58.4 Å². The Morgan fingerprint density at radius 2 is 1.79 bits per heavy atom. The number of carbonyl (C=O) groups excluding carboxylic acids is 2. The second kappa shape index (κ2) is 8.75. The fourth-order valence-corrected chi connectivity index (χ4v) is 3.68. The van der Waals surface area contributed by atoms with Crippen molar-refractivity contribution in [2.24, 2.45) is 4.99 Å². The predicted molar refractivity (Wildman–Crippen MR) is 111 cm³/mol. The van der Waals surface area contributed by atoms with E-state index < -0.39 is 5.97 Å². The molecule has 1 aliphatic rings. The molecule has 0 saturated carbocycles. The highest BCUT2D eigenvalue weighted by Crippen LogP contribution is 2.34. The molecule has 3 rings (SSSR count). The summed E-state index contributed by atoms with van der Waals surface area (Å²) in [5.41, 5.74) is 2.03. The number of methoxy groups -OCH3 is 2. The van der Waals surface area contributed by atoms with Gasteiger partial charge in [0.25, 0.3) is 5.91 Å². The predicted octanol–water partition coefficient (Wildman–Crippen LogP) is 4.11. The first kappa shape index (κ1) is 19.7. The number of esters is 1. The largest absolute Gasteiger partial charge is 0.497 e. The number of ether oxygens (including phenoxy) is 2. The Bertz CT molecular complexity index is 934. The summed E-state index contributed by atoms with van der Waals surface area (Å²) in [6.45, 7) is 2.43. The summed E-state index contributed by atoms with van der Waals surface area (Å²) in [6, 6.07) is 14.3. The highest BCUT2D eigenvalue weighted by atomic mass is 32.2. The molecule has 0 unspecified atom stereocenters. The molecule has 1 aliphatic heterocycles. The Labute approximate surface area is 167 Å². The highest BCUT2D eigenvalue weighted by Gasteiger charge is 2.32. The summed E-state index contributed by atoms with van der Waals surface area (Å²) < 4.78 is 9.86. The van der Waals surface area contributed by atoms with Crippen molar-refractivity contribution in [3.8, 4) is 5.75 Å². The fraction of sp³-hybridized carbons (Fsp3) is 0.190. The van der Waals surface area contributed by atoms with E-state index in [1.807, 2.05) is 37.3 Å². The monoisotopic (exact) mass is 396 g/mol. The third-order valence-electron chi connectivity index (χ3n) is 4.13. The van der Waals surface area contributed by atoms with Crippen LogP contribution in [-0.2, 0) is 9.53 Å². The molecule has 1 amide bonds.